The van der Waals surface area contributed by atoms with Crippen LogP contribution < -0.4 is 20.7 Å². The molecule has 0 spiro atoms. The van der Waals surface area contributed by atoms with E-state index in [0.717, 1.165) is 0 Å². The third-order valence-corrected chi connectivity index (χ3v) is 3.15. The first-order valence-corrected chi connectivity index (χ1v) is 8.06. The van der Waals surface area contributed by atoms with Gasteiger partial charge in [0.15, 0.2) is 5.96 Å². The lowest BCUT2D eigenvalue weighted by Crippen LogP contribution is -2.44. The lowest BCUT2D eigenvalue weighted by molar-refractivity contribution is -0.123. The van der Waals surface area contributed by atoms with Gasteiger partial charge in [-0.15, -0.1) is 0 Å². The predicted molar refractivity (Wildman–Crippen MR) is 93.7 cm³/mol. The summed E-state index contributed by atoms with van der Waals surface area (Å²) in [5, 5.41) is 9.04. The van der Waals surface area contributed by atoms with Crippen molar-refractivity contribution < 1.29 is 13.9 Å². The molecule has 1 rings (SSSR count). The van der Waals surface area contributed by atoms with Crippen molar-refractivity contribution in [1.82, 2.24) is 16.0 Å². The highest BCUT2D eigenvalue weighted by Gasteiger charge is 2.07. The molecule has 0 aliphatic heterocycles. The van der Waals surface area contributed by atoms with Gasteiger partial charge in [-0.05, 0) is 19.1 Å². The Morgan fingerprint density at radius 2 is 1.92 bits per heavy atom. The third kappa shape index (κ3) is 7.80. The second-order valence-electron chi connectivity index (χ2n) is 5.71. The molecule has 24 heavy (non-hydrogen) atoms. The fraction of sp³-hybridized carbons (Fsp3) is 0.529. The van der Waals surface area contributed by atoms with Crippen molar-refractivity contribution in [3.8, 4) is 5.75 Å². The Bertz CT molecular complexity index is 549. The van der Waals surface area contributed by atoms with Crippen LogP contribution in [0.4, 0.5) is 4.39 Å². The molecule has 1 atom stereocenters. The van der Waals surface area contributed by atoms with Crippen molar-refractivity contribution in [2.45, 2.75) is 26.9 Å². The number of hydrogen-bond donors (Lipinski definition) is 3. The van der Waals surface area contributed by atoms with Gasteiger partial charge in [0.1, 0.15) is 17.7 Å². The van der Waals surface area contributed by atoms with Crippen LogP contribution in [0.2, 0.25) is 0 Å². The highest BCUT2D eigenvalue weighted by Crippen LogP contribution is 2.13. The summed E-state index contributed by atoms with van der Waals surface area (Å²) in [6, 6.07) is 6.04. The lowest BCUT2D eigenvalue weighted by atomic mass is 10.2. The van der Waals surface area contributed by atoms with Gasteiger partial charge >= 0.3 is 0 Å². The normalized spacial score (nSPS) is 12.7. The van der Waals surface area contributed by atoms with Gasteiger partial charge in [-0.2, -0.15) is 0 Å². The van der Waals surface area contributed by atoms with E-state index in [4.69, 9.17) is 4.74 Å². The van der Waals surface area contributed by atoms with Crippen LogP contribution in [0.3, 0.4) is 0 Å². The highest BCUT2D eigenvalue weighted by molar-refractivity contribution is 5.80. The van der Waals surface area contributed by atoms with Gasteiger partial charge in [-0.1, -0.05) is 19.9 Å². The van der Waals surface area contributed by atoms with E-state index >= 15 is 0 Å². The summed E-state index contributed by atoms with van der Waals surface area (Å²) in [5.74, 6) is 0.779. The number of aliphatic imine (C=N–C) groups is 1. The number of ether oxygens (including phenoxy) is 1. The molecule has 0 aromatic heterocycles. The Kier molecular flexibility index (Phi) is 8.60. The molecule has 0 fully saturated rings. The quantitative estimate of drug-likeness (QED) is 0.382. The van der Waals surface area contributed by atoms with Crippen LogP contribution in [0.25, 0.3) is 0 Å². The van der Waals surface area contributed by atoms with Gasteiger partial charge in [-0.25, -0.2) is 4.39 Å². The van der Waals surface area contributed by atoms with Crippen LogP contribution in [-0.2, 0) is 4.79 Å². The molecular formula is C17H27FN4O2. The van der Waals surface area contributed by atoms with Crippen LogP contribution in [0.15, 0.2) is 29.3 Å². The van der Waals surface area contributed by atoms with Crippen LogP contribution in [0.1, 0.15) is 20.8 Å². The molecule has 1 unspecified atom stereocenters. The predicted octanol–water partition coefficient (Wildman–Crippen LogP) is 1.53. The van der Waals surface area contributed by atoms with E-state index in [0.29, 0.717) is 31.3 Å². The number of guanidine groups is 1. The van der Waals surface area contributed by atoms with Crippen LogP contribution >= 0.6 is 0 Å². The number of rotatable bonds is 8. The maximum absolute atomic E-state index is 13.1. The SMILES string of the molecule is CN=C(NCCNC(=O)C(C)C)NCC(C)Oc1cccc(F)c1. The minimum atomic E-state index is -0.325. The van der Waals surface area contributed by atoms with Gasteiger partial charge in [0.05, 0.1) is 6.54 Å². The summed E-state index contributed by atoms with van der Waals surface area (Å²) < 4.78 is 18.7. The summed E-state index contributed by atoms with van der Waals surface area (Å²) in [7, 11) is 1.67. The number of hydrogen-bond acceptors (Lipinski definition) is 3. The van der Waals surface area contributed by atoms with Gasteiger partial charge in [-0.3, -0.25) is 9.79 Å². The molecule has 0 aliphatic rings. The Labute approximate surface area is 142 Å². The average Bonchev–Trinajstić information content (AvgIpc) is 2.53. The van der Waals surface area contributed by atoms with Crippen molar-refractivity contribution >= 4 is 11.9 Å². The summed E-state index contributed by atoms with van der Waals surface area (Å²) in [6.07, 6.45) is -0.161. The molecule has 0 saturated carbocycles. The van der Waals surface area contributed by atoms with Crippen LogP contribution in [0, 0.1) is 11.7 Å². The number of nitrogens with zero attached hydrogens (tertiary/aromatic N) is 1. The largest absolute Gasteiger partial charge is 0.489 e. The Morgan fingerprint density at radius 1 is 1.21 bits per heavy atom. The van der Waals surface area contributed by atoms with Gasteiger partial charge < -0.3 is 20.7 Å². The van der Waals surface area contributed by atoms with Crippen LogP contribution in [-0.4, -0.2) is 44.7 Å². The molecule has 0 saturated heterocycles. The second kappa shape index (κ2) is 10.5. The zero-order valence-corrected chi connectivity index (χ0v) is 14.7. The molecule has 0 bridgehead atoms. The Morgan fingerprint density at radius 3 is 2.54 bits per heavy atom. The first kappa shape index (κ1) is 19.7. The second-order valence-corrected chi connectivity index (χ2v) is 5.71. The molecule has 7 heteroatoms. The highest BCUT2D eigenvalue weighted by atomic mass is 19.1. The monoisotopic (exact) mass is 338 g/mol. The van der Waals surface area contributed by atoms with E-state index < -0.39 is 0 Å². The molecule has 0 radical (unpaired) electrons. The molecule has 0 heterocycles. The zero-order valence-electron chi connectivity index (χ0n) is 14.7. The topological polar surface area (TPSA) is 74.8 Å². The van der Waals surface area contributed by atoms with Crippen molar-refractivity contribution in [2.24, 2.45) is 10.9 Å². The fourth-order valence-corrected chi connectivity index (χ4v) is 1.85. The van der Waals surface area contributed by atoms with Crippen molar-refractivity contribution in [3.05, 3.63) is 30.1 Å². The maximum atomic E-state index is 13.1. The average molecular weight is 338 g/mol. The van der Waals surface area contributed by atoms with Gasteiger partial charge in [0.25, 0.3) is 0 Å². The standard InChI is InChI=1S/C17H27FN4O2/c1-12(2)16(23)20-8-9-21-17(19-4)22-11-13(3)24-15-7-5-6-14(18)10-15/h5-7,10,12-13H,8-9,11H2,1-4H3,(H,20,23)(H2,19,21,22). The minimum Gasteiger partial charge on any atom is -0.489 e. The number of amides is 1. The molecule has 134 valence electrons. The molecular weight excluding hydrogens is 311 g/mol. The van der Waals surface area contributed by atoms with Crippen molar-refractivity contribution in [1.29, 1.82) is 0 Å². The van der Waals surface area contributed by atoms with Gasteiger partial charge in [0.2, 0.25) is 5.91 Å². The number of halogens is 1. The number of nitrogens with one attached hydrogen (secondary N) is 3. The van der Waals surface area contributed by atoms with E-state index in [-0.39, 0.29) is 23.7 Å². The molecule has 0 aliphatic carbocycles. The van der Waals surface area contributed by atoms with E-state index in [1.807, 2.05) is 20.8 Å². The van der Waals surface area contributed by atoms with Gasteiger partial charge in [0, 0.05) is 32.1 Å². The van der Waals surface area contributed by atoms with Crippen LogP contribution in [0.5, 0.6) is 5.75 Å². The molecule has 1 aromatic rings. The first-order chi connectivity index (χ1) is 11.4. The maximum Gasteiger partial charge on any atom is 0.222 e. The van der Waals surface area contributed by atoms with E-state index in [1.54, 1.807) is 19.2 Å². The minimum absolute atomic E-state index is 0.0248. The van der Waals surface area contributed by atoms with E-state index in [1.165, 1.54) is 12.1 Å². The Balaban J connectivity index is 2.27. The Hall–Kier alpha value is -2.31. The summed E-state index contributed by atoms with van der Waals surface area (Å²) in [5.41, 5.74) is 0. The van der Waals surface area contributed by atoms with E-state index in [2.05, 4.69) is 20.9 Å². The summed E-state index contributed by atoms with van der Waals surface area (Å²) in [4.78, 5) is 15.5. The number of carbonyl (C=O) groups excluding carboxylic acids is 1. The van der Waals surface area contributed by atoms with Crippen molar-refractivity contribution in [2.75, 3.05) is 26.7 Å². The molecule has 1 amide bonds. The van der Waals surface area contributed by atoms with Crippen molar-refractivity contribution in [3.63, 3.8) is 0 Å². The number of carbonyl (C=O) groups is 1. The summed E-state index contributed by atoms with van der Waals surface area (Å²) in [6.45, 7) is 7.18. The zero-order chi connectivity index (χ0) is 17.9. The fourth-order valence-electron chi connectivity index (χ4n) is 1.85. The first-order valence-electron chi connectivity index (χ1n) is 8.06. The molecule has 3 N–H and O–H groups in total. The molecule has 6 nitrogen and oxygen atoms in total. The summed E-state index contributed by atoms with van der Waals surface area (Å²) >= 11 is 0. The van der Waals surface area contributed by atoms with E-state index in [9.17, 15) is 9.18 Å². The third-order valence-electron chi connectivity index (χ3n) is 3.15. The number of benzene rings is 1. The molecule has 1 aromatic carbocycles. The smallest absolute Gasteiger partial charge is 0.222 e. The lowest BCUT2D eigenvalue weighted by Gasteiger charge is -2.18.